The predicted octanol–water partition coefficient (Wildman–Crippen LogP) is 1.68. The Morgan fingerprint density at radius 2 is 2.23 bits per heavy atom. The van der Waals surface area contributed by atoms with Crippen LogP contribution in [-0.4, -0.2) is 15.1 Å². The van der Waals surface area contributed by atoms with Crippen molar-refractivity contribution in [1.82, 2.24) is 9.97 Å². The van der Waals surface area contributed by atoms with Gasteiger partial charge in [-0.05, 0) is 18.6 Å². The number of aliphatic hydroxyl groups excluding tert-OH is 1. The van der Waals surface area contributed by atoms with Gasteiger partial charge in [-0.3, -0.25) is 0 Å². The smallest absolute Gasteiger partial charge is 0.116 e. The SMILES string of the molecule is CC(O)c1cccc2ncncc12. The van der Waals surface area contributed by atoms with Crippen LogP contribution in [-0.2, 0) is 0 Å². The number of fused-ring (bicyclic) bond motifs is 1. The Labute approximate surface area is 76.1 Å². The molecule has 0 amide bonds. The first kappa shape index (κ1) is 8.13. The van der Waals surface area contributed by atoms with Crippen LogP contribution in [0.4, 0.5) is 0 Å². The van der Waals surface area contributed by atoms with E-state index in [9.17, 15) is 5.11 Å². The Kier molecular flexibility index (Phi) is 1.94. The van der Waals surface area contributed by atoms with E-state index in [0.29, 0.717) is 0 Å². The molecular formula is C10H10N2O. The molecule has 1 heterocycles. The van der Waals surface area contributed by atoms with Gasteiger partial charge in [-0.2, -0.15) is 0 Å². The molecular weight excluding hydrogens is 164 g/mol. The molecule has 0 saturated heterocycles. The van der Waals surface area contributed by atoms with Crippen LogP contribution < -0.4 is 0 Å². The first-order valence-corrected chi connectivity index (χ1v) is 4.16. The zero-order chi connectivity index (χ0) is 9.26. The number of aromatic nitrogens is 2. The molecule has 1 atom stereocenters. The van der Waals surface area contributed by atoms with Gasteiger partial charge in [-0.1, -0.05) is 12.1 Å². The lowest BCUT2D eigenvalue weighted by molar-refractivity contribution is 0.201. The summed E-state index contributed by atoms with van der Waals surface area (Å²) < 4.78 is 0. The van der Waals surface area contributed by atoms with E-state index in [4.69, 9.17) is 0 Å². The van der Waals surface area contributed by atoms with Crippen molar-refractivity contribution in [2.45, 2.75) is 13.0 Å². The molecule has 3 heteroatoms. The van der Waals surface area contributed by atoms with E-state index in [1.807, 2.05) is 18.2 Å². The van der Waals surface area contributed by atoms with Crippen molar-refractivity contribution in [2.75, 3.05) is 0 Å². The van der Waals surface area contributed by atoms with Crippen LogP contribution in [0.2, 0.25) is 0 Å². The average molecular weight is 174 g/mol. The molecule has 3 nitrogen and oxygen atoms in total. The molecule has 1 N–H and O–H groups in total. The number of rotatable bonds is 1. The maximum Gasteiger partial charge on any atom is 0.116 e. The molecule has 1 aromatic heterocycles. The lowest BCUT2D eigenvalue weighted by Crippen LogP contribution is -1.93. The fraction of sp³-hybridized carbons (Fsp3) is 0.200. The Morgan fingerprint density at radius 1 is 1.38 bits per heavy atom. The highest BCUT2D eigenvalue weighted by Crippen LogP contribution is 2.21. The Bertz CT molecular complexity index is 421. The van der Waals surface area contributed by atoms with E-state index >= 15 is 0 Å². The molecule has 13 heavy (non-hydrogen) atoms. The largest absolute Gasteiger partial charge is 0.389 e. The summed E-state index contributed by atoms with van der Waals surface area (Å²) in [4.78, 5) is 8.04. The predicted molar refractivity (Wildman–Crippen MR) is 50.2 cm³/mol. The number of hydrogen-bond acceptors (Lipinski definition) is 3. The van der Waals surface area contributed by atoms with Gasteiger partial charge in [0.25, 0.3) is 0 Å². The molecule has 0 saturated carbocycles. The second-order valence-electron chi connectivity index (χ2n) is 2.98. The van der Waals surface area contributed by atoms with E-state index in [0.717, 1.165) is 16.5 Å². The van der Waals surface area contributed by atoms with Crippen molar-refractivity contribution < 1.29 is 5.11 Å². The van der Waals surface area contributed by atoms with Crippen molar-refractivity contribution in [1.29, 1.82) is 0 Å². The maximum atomic E-state index is 9.47. The fourth-order valence-electron chi connectivity index (χ4n) is 1.39. The van der Waals surface area contributed by atoms with Gasteiger partial charge in [0, 0.05) is 11.6 Å². The summed E-state index contributed by atoms with van der Waals surface area (Å²) in [6, 6.07) is 5.68. The Morgan fingerprint density at radius 3 is 3.00 bits per heavy atom. The summed E-state index contributed by atoms with van der Waals surface area (Å²) >= 11 is 0. The van der Waals surface area contributed by atoms with Crippen LogP contribution in [0.1, 0.15) is 18.6 Å². The third kappa shape index (κ3) is 1.38. The summed E-state index contributed by atoms with van der Waals surface area (Å²) in [6.07, 6.45) is 2.76. The minimum Gasteiger partial charge on any atom is -0.389 e. The van der Waals surface area contributed by atoms with E-state index in [1.54, 1.807) is 13.1 Å². The van der Waals surface area contributed by atoms with Crippen LogP contribution >= 0.6 is 0 Å². The highest BCUT2D eigenvalue weighted by molar-refractivity contribution is 5.81. The van der Waals surface area contributed by atoms with Crippen LogP contribution in [0, 0.1) is 0 Å². The topological polar surface area (TPSA) is 46.0 Å². The normalized spacial score (nSPS) is 13.1. The van der Waals surface area contributed by atoms with Gasteiger partial charge in [-0.15, -0.1) is 0 Å². The molecule has 0 spiro atoms. The van der Waals surface area contributed by atoms with Crippen LogP contribution in [0.25, 0.3) is 10.9 Å². The lowest BCUT2D eigenvalue weighted by Gasteiger charge is -2.06. The quantitative estimate of drug-likeness (QED) is 0.715. The highest BCUT2D eigenvalue weighted by Gasteiger charge is 2.05. The monoisotopic (exact) mass is 174 g/mol. The second kappa shape index (κ2) is 3.11. The summed E-state index contributed by atoms with van der Waals surface area (Å²) in [5.74, 6) is 0. The highest BCUT2D eigenvalue weighted by atomic mass is 16.3. The molecule has 0 radical (unpaired) electrons. The van der Waals surface area contributed by atoms with Crippen molar-refractivity contribution in [3.8, 4) is 0 Å². The minimum atomic E-state index is -0.477. The van der Waals surface area contributed by atoms with Gasteiger partial charge in [0.1, 0.15) is 6.33 Å². The van der Waals surface area contributed by atoms with Gasteiger partial charge in [-0.25, -0.2) is 9.97 Å². The molecule has 0 aliphatic rings. The Hall–Kier alpha value is -1.48. The molecule has 0 aliphatic heterocycles. The fourth-order valence-corrected chi connectivity index (χ4v) is 1.39. The zero-order valence-corrected chi connectivity index (χ0v) is 7.31. The van der Waals surface area contributed by atoms with E-state index in [1.165, 1.54) is 6.33 Å². The lowest BCUT2D eigenvalue weighted by atomic mass is 10.1. The molecule has 1 unspecified atom stereocenters. The Balaban J connectivity index is 2.76. The summed E-state index contributed by atoms with van der Waals surface area (Å²) in [5, 5.41) is 10.4. The van der Waals surface area contributed by atoms with Gasteiger partial charge in [0.2, 0.25) is 0 Å². The van der Waals surface area contributed by atoms with E-state index in [-0.39, 0.29) is 0 Å². The van der Waals surface area contributed by atoms with Crippen molar-refractivity contribution in [3.63, 3.8) is 0 Å². The summed E-state index contributed by atoms with van der Waals surface area (Å²) in [7, 11) is 0. The van der Waals surface area contributed by atoms with Crippen molar-refractivity contribution >= 4 is 10.9 Å². The first-order valence-electron chi connectivity index (χ1n) is 4.16. The average Bonchev–Trinajstić information content (AvgIpc) is 2.17. The molecule has 0 aliphatic carbocycles. The van der Waals surface area contributed by atoms with E-state index in [2.05, 4.69) is 9.97 Å². The molecule has 66 valence electrons. The standard InChI is InChI=1S/C10H10N2O/c1-7(13)8-3-2-4-10-9(8)5-11-6-12-10/h2-7,13H,1H3. The molecule has 0 bridgehead atoms. The molecule has 1 aromatic carbocycles. The van der Waals surface area contributed by atoms with Crippen LogP contribution in [0.3, 0.4) is 0 Å². The van der Waals surface area contributed by atoms with Crippen molar-refractivity contribution in [3.05, 3.63) is 36.3 Å². The second-order valence-corrected chi connectivity index (χ2v) is 2.98. The zero-order valence-electron chi connectivity index (χ0n) is 7.31. The number of hydrogen-bond donors (Lipinski definition) is 1. The number of benzene rings is 1. The first-order chi connectivity index (χ1) is 6.29. The van der Waals surface area contributed by atoms with Crippen LogP contribution in [0.5, 0.6) is 0 Å². The maximum absolute atomic E-state index is 9.47. The summed E-state index contributed by atoms with van der Waals surface area (Å²) in [5.41, 5.74) is 1.74. The van der Waals surface area contributed by atoms with Gasteiger partial charge >= 0.3 is 0 Å². The molecule has 2 aromatic rings. The third-order valence-corrected chi connectivity index (χ3v) is 2.03. The van der Waals surface area contributed by atoms with Crippen LogP contribution in [0.15, 0.2) is 30.7 Å². The van der Waals surface area contributed by atoms with Gasteiger partial charge in [0.15, 0.2) is 0 Å². The third-order valence-electron chi connectivity index (χ3n) is 2.03. The van der Waals surface area contributed by atoms with Gasteiger partial charge in [0.05, 0.1) is 11.6 Å². The number of aliphatic hydroxyl groups is 1. The summed E-state index contributed by atoms with van der Waals surface area (Å²) in [6.45, 7) is 1.74. The van der Waals surface area contributed by atoms with E-state index < -0.39 is 6.10 Å². The molecule has 2 rings (SSSR count). The van der Waals surface area contributed by atoms with Crippen molar-refractivity contribution in [2.24, 2.45) is 0 Å². The van der Waals surface area contributed by atoms with Gasteiger partial charge < -0.3 is 5.11 Å². The number of nitrogens with zero attached hydrogens (tertiary/aromatic N) is 2. The minimum absolute atomic E-state index is 0.477. The molecule has 0 fully saturated rings.